The zero-order chi connectivity index (χ0) is 15.6. The molecule has 3 N–H and O–H groups in total. The molecule has 1 fully saturated rings. The Balaban J connectivity index is 1.99. The number of hydrogen-bond donors (Lipinski definition) is 3. The van der Waals surface area contributed by atoms with Crippen molar-refractivity contribution < 1.29 is 19.8 Å². The predicted octanol–water partition coefficient (Wildman–Crippen LogP) is -0.288. The summed E-state index contributed by atoms with van der Waals surface area (Å²) in [7, 11) is 1.81. The van der Waals surface area contributed by atoms with Crippen LogP contribution >= 0.6 is 0 Å². The lowest BCUT2D eigenvalue weighted by molar-refractivity contribution is -0.141. The van der Waals surface area contributed by atoms with Gasteiger partial charge in [-0.1, -0.05) is 6.92 Å². The molecule has 2 rings (SSSR count). The van der Waals surface area contributed by atoms with Crippen LogP contribution in [0.1, 0.15) is 24.6 Å². The molecule has 0 unspecified atom stereocenters. The van der Waals surface area contributed by atoms with Crippen molar-refractivity contribution in [3.63, 3.8) is 0 Å². The number of aliphatic hydroxyl groups excluding tert-OH is 1. The molecule has 21 heavy (non-hydrogen) atoms. The summed E-state index contributed by atoms with van der Waals surface area (Å²) in [5.41, 5.74) is 1.80. The van der Waals surface area contributed by atoms with E-state index in [1.807, 2.05) is 20.2 Å². The molecule has 2 heterocycles. The van der Waals surface area contributed by atoms with Crippen LogP contribution in [0.4, 0.5) is 4.79 Å². The molecule has 2 amide bonds. The highest BCUT2D eigenvalue weighted by molar-refractivity contribution is 5.83. The average Bonchev–Trinajstić information content (AvgIpc) is 2.98. The van der Waals surface area contributed by atoms with Crippen molar-refractivity contribution in [2.45, 2.75) is 38.5 Å². The normalized spacial score (nSPS) is 21.6. The summed E-state index contributed by atoms with van der Waals surface area (Å²) in [5.74, 6) is -1.10. The SMILES string of the molecule is CCc1nn(C)cc1CNC(=O)N1C[C@H](O)C[C@H]1C(=O)O. The average molecular weight is 296 g/mol. The molecule has 2 atom stereocenters. The zero-order valence-electron chi connectivity index (χ0n) is 12.1. The van der Waals surface area contributed by atoms with Crippen LogP contribution < -0.4 is 5.32 Å². The van der Waals surface area contributed by atoms with E-state index in [-0.39, 0.29) is 19.5 Å². The van der Waals surface area contributed by atoms with Gasteiger partial charge in [-0.05, 0) is 6.42 Å². The maximum absolute atomic E-state index is 12.1. The quantitative estimate of drug-likeness (QED) is 0.708. The number of carbonyl (C=O) groups excluding carboxylic acids is 1. The van der Waals surface area contributed by atoms with Crippen LogP contribution in [-0.4, -0.2) is 55.6 Å². The van der Waals surface area contributed by atoms with E-state index in [0.29, 0.717) is 0 Å². The third kappa shape index (κ3) is 3.33. The number of likely N-dealkylation sites (tertiary alicyclic amines) is 1. The fourth-order valence-corrected chi connectivity index (χ4v) is 2.57. The van der Waals surface area contributed by atoms with Crippen LogP contribution in [0.5, 0.6) is 0 Å². The van der Waals surface area contributed by atoms with Gasteiger partial charge in [-0.2, -0.15) is 5.10 Å². The van der Waals surface area contributed by atoms with E-state index in [9.17, 15) is 14.7 Å². The number of aromatic nitrogens is 2. The van der Waals surface area contributed by atoms with Crippen molar-refractivity contribution in [3.05, 3.63) is 17.5 Å². The van der Waals surface area contributed by atoms with Crippen LogP contribution in [-0.2, 0) is 24.8 Å². The lowest BCUT2D eigenvalue weighted by atomic mass is 10.2. The van der Waals surface area contributed by atoms with Gasteiger partial charge in [0.25, 0.3) is 0 Å². The molecule has 0 radical (unpaired) electrons. The Hall–Kier alpha value is -2.09. The number of aliphatic hydroxyl groups is 1. The maximum atomic E-state index is 12.1. The van der Waals surface area contributed by atoms with Gasteiger partial charge in [0.1, 0.15) is 6.04 Å². The minimum atomic E-state index is -1.10. The smallest absolute Gasteiger partial charge is 0.326 e. The Morgan fingerprint density at radius 3 is 2.86 bits per heavy atom. The fourth-order valence-electron chi connectivity index (χ4n) is 2.57. The van der Waals surface area contributed by atoms with Gasteiger partial charge in [-0.15, -0.1) is 0 Å². The van der Waals surface area contributed by atoms with Crippen molar-refractivity contribution in [2.75, 3.05) is 6.54 Å². The largest absolute Gasteiger partial charge is 0.480 e. The summed E-state index contributed by atoms with van der Waals surface area (Å²) in [4.78, 5) is 24.4. The summed E-state index contributed by atoms with van der Waals surface area (Å²) < 4.78 is 1.68. The number of hydrogen-bond acceptors (Lipinski definition) is 4. The van der Waals surface area contributed by atoms with Gasteiger partial charge in [0.2, 0.25) is 0 Å². The molecule has 1 aromatic rings. The van der Waals surface area contributed by atoms with Crippen molar-refractivity contribution in [2.24, 2.45) is 7.05 Å². The predicted molar refractivity (Wildman–Crippen MR) is 73.6 cm³/mol. The first-order chi connectivity index (χ1) is 9.92. The van der Waals surface area contributed by atoms with E-state index >= 15 is 0 Å². The minimum absolute atomic E-state index is 0.0382. The summed E-state index contributed by atoms with van der Waals surface area (Å²) >= 11 is 0. The monoisotopic (exact) mass is 296 g/mol. The molecule has 1 saturated heterocycles. The lowest BCUT2D eigenvalue weighted by Gasteiger charge is -2.21. The van der Waals surface area contributed by atoms with Crippen molar-refractivity contribution >= 4 is 12.0 Å². The van der Waals surface area contributed by atoms with Gasteiger partial charge in [0, 0.05) is 38.3 Å². The van der Waals surface area contributed by atoms with Crippen LogP contribution in [0, 0.1) is 0 Å². The number of β-amino-alcohol motifs (C(OH)–C–C–N with tert-alkyl or cyclic N) is 1. The zero-order valence-corrected chi connectivity index (χ0v) is 12.1. The number of urea groups is 1. The third-order valence-corrected chi connectivity index (χ3v) is 3.58. The van der Waals surface area contributed by atoms with E-state index < -0.39 is 24.1 Å². The van der Waals surface area contributed by atoms with Crippen LogP contribution in [0.25, 0.3) is 0 Å². The second kappa shape index (κ2) is 6.13. The number of rotatable bonds is 4. The molecule has 1 aliphatic heterocycles. The van der Waals surface area contributed by atoms with E-state index in [0.717, 1.165) is 22.6 Å². The number of carbonyl (C=O) groups is 2. The molecule has 0 aliphatic carbocycles. The van der Waals surface area contributed by atoms with Crippen molar-refractivity contribution in [1.29, 1.82) is 0 Å². The number of carboxylic acid groups (broad SMARTS) is 1. The van der Waals surface area contributed by atoms with E-state index in [4.69, 9.17) is 5.11 Å². The summed E-state index contributed by atoms with van der Waals surface area (Å²) in [6.45, 7) is 2.30. The lowest BCUT2D eigenvalue weighted by Crippen LogP contribution is -2.46. The highest BCUT2D eigenvalue weighted by atomic mass is 16.4. The molecule has 0 spiro atoms. The summed E-state index contributed by atoms with van der Waals surface area (Å²) in [6.07, 6.45) is 1.86. The summed E-state index contributed by atoms with van der Waals surface area (Å²) in [6, 6.07) is -1.45. The van der Waals surface area contributed by atoms with Gasteiger partial charge >= 0.3 is 12.0 Å². The standard InChI is InChI=1S/C13H20N4O4/c1-3-10-8(6-16(2)15-10)5-14-13(21)17-7-9(18)4-11(17)12(19)20/h6,9,11,18H,3-5,7H2,1-2H3,(H,14,21)(H,19,20)/t9-,11+/m1/s1. The maximum Gasteiger partial charge on any atom is 0.326 e. The molecule has 1 aromatic heterocycles. The molecule has 0 saturated carbocycles. The highest BCUT2D eigenvalue weighted by Gasteiger charge is 2.38. The van der Waals surface area contributed by atoms with E-state index in [2.05, 4.69) is 10.4 Å². The molecule has 0 bridgehead atoms. The van der Waals surface area contributed by atoms with Gasteiger partial charge in [-0.25, -0.2) is 9.59 Å². The molecular formula is C13H20N4O4. The molecule has 1 aliphatic rings. The first-order valence-electron chi connectivity index (χ1n) is 6.89. The Kier molecular flexibility index (Phi) is 4.46. The first-order valence-corrected chi connectivity index (χ1v) is 6.89. The molecular weight excluding hydrogens is 276 g/mol. The Labute approximate surface area is 122 Å². The fraction of sp³-hybridized carbons (Fsp3) is 0.615. The van der Waals surface area contributed by atoms with Gasteiger partial charge in [0.05, 0.1) is 11.8 Å². The Morgan fingerprint density at radius 2 is 2.24 bits per heavy atom. The number of nitrogens with one attached hydrogen (secondary N) is 1. The van der Waals surface area contributed by atoms with Crippen molar-refractivity contribution in [1.82, 2.24) is 20.0 Å². The number of carboxylic acids is 1. The molecule has 116 valence electrons. The molecule has 0 aromatic carbocycles. The van der Waals surface area contributed by atoms with E-state index in [1.54, 1.807) is 4.68 Å². The number of amides is 2. The Bertz CT molecular complexity index is 542. The number of nitrogens with zero attached hydrogens (tertiary/aromatic N) is 3. The second-order valence-electron chi connectivity index (χ2n) is 5.18. The van der Waals surface area contributed by atoms with Crippen LogP contribution in [0.3, 0.4) is 0 Å². The molecule has 8 nitrogen and oxygen atoms in total. The summed E-state index contributed by atoms with van der Waals surface area (Å²) in [5, 5.41) is 25.6. The number of aliphatic carboxylic acids is 1. The highest BCUT2D eigenvalue weighted by Crippen LogP contribution is 2.18. The van der Waals surface area contributed by atoms with Gasteiger partial charge < -0.3 is 20.4 Å². The van der Waals surface area contributed by atoms with Crippen molar-refractivity contribution in [3.8, 4) is 0 Å². The van der Waals surface area contributed by atoms with E-state index in [1.165, 1.54) is 0 Å². The topological polar surface area (TPSA) is 108 Å². The number of aryl methyl sites for hydroxylation is 2. The first kappa shape index (κ1) is 15.3. The van der Waals surface area contributed by atoms with Gasteiger partial charge in [-0.3, -0.25) is 4.68 Å². The van der Waals surface area contributed by atoms with Crippen LogP contribution in [0.15, 0.2) is 6.20 Å². The second-order valence-corrected chi connectivity index (χ2v) is 5.18. The minimum Gasteiger partial charge on any atom is -0.480 e. The van der Waals surface area contributed by atoms with Crippen LogP contribution in [0.2, 0.25) is 0 Å². The third-order valence-electron chi connectivity index (χ3n) is 3.58. The van der Waals surface area contributed by atoms with Gasteiger partial charge in [0.15, 0.2) is 0 Å². The molecule has 8 heteroatoms. The Morgan fingerprint density at radius 1 is 1.52 bits per heavy atom.